The molecule has 3 heteroatoms. The minimum atomic E-state index is -0.314. The normalized spacial score (nSPS) is 14.8. The average molecular weight is 225 g/mol. The third-order valence-corrected chi connectivity index (χ3v) is 3.15. The first-order valence-corrected chi connectivity index (χ1v) is 5.75. The molecule has 2 N–H and O–H groups in total. The van der Waals surface area contributed by atoms with Crippen LogP contribution in [0.1, 0.15) is 32.8 Å². The van der Waals surface area contributed by atoms with Crippen molar-refractivity contribution in [2.45, 2.75) is 39.8 Å². The van der Waals surface area contributed by atoms with Gasteiger partial charge in [-0.25, -0.2) is 4.39 Å². The maximum atomic E-state index is 13.0. The molecule has 1 aromatic rings. The van der Waals surface area contributed by atoms with E-state index in [0.29, 0.717) is 24.1 Å². The van der Waals surface area contributed by atoms with Gasteiger partial charge in [0.15, 0.2) is 0 Å². The molecule has 2 nitrogen and oxygen atoms in total. The van der Waals surface area contributed by atoms with E-state index in [1.807, 2.05) is 0 Å². The average Bonchev–Trinajstić information content (AvgIpc) is 2.28. The summed E-state index contributed by atoms with van der Waals surface area (Å²) >= 11 is 0. The molecule has 0 spiro atoms. The summed E-state index contributed by atoms with van der Waals surface area (Å²) in [6.07, 6.45) is 1.10. The Labute approximate surface area is 96.5 Å². The number of hydrogen-bond donors (Lipinski definition) is 2. The number of rotatable bonds is 5. The zero-order valence-corrected chi connectivity index (χ0v) is 10.1. The lowest BCUT2D eigenvalue weighted by Crippen LogP contribution is -2.31. The van der Waals surface area contributed by atoms with Gasteiger partial charge >= 0.3 is 0 Å². The summed E-state index contributed by atoms with van der Waals surface area (Å²) in [5.74, 6) is 0.395. The van der Waals surface area contributed by atoms with Crippen LogP contribution in [0.15, 0.2) is 18.2 Å². The predicted octanol–water partition coefficient (Wildman–Crippen LogP) is 3.06. The van der Waals surface area contributed by atoms with Gasteiger partial charge in [0, 0.05) is 18.2 Å². The van der Waals surface area contributed by atoms with Crippen LogP contribution >= 0.6 is 0 Å². The largest absolute Gasteiger partial charge is 0.508 e. The molecule has 0 aliphatic carbocycles. The van der Waals surface area contributed by atoms with E-state index in [9.17, 15) is 9.50 Å². The molecule has 0 fully saturated rings. The van der Waals surface area contributed by atoms with Crippen molar-refractivity contribution in [3.8, 4) is 5.75 Å². The number of phenolic OH excluding ortho intramolecular Hbond substituents is 1. The molecule has 0 bridgehead atoms. The highest BCUT2D eigenvalue weighted by molar-refractivity contribution is 5.32. The molecule has 1 aromatic carbocycles. The molecule has 0 saturated heterocycles. The molecule has 0 radical (unpaired) electrons. The molecule has 16 heavy (non-hydrogen) atoms. The Bertz CT molecular complexity index is 341. The molecule has 0 aromatic heterocycles. The standard InChI is InChI=1S/C13H20FNO/c1-4-9(2)10(3)15-8-11-7-12(14)5-6-13(11)16/h5-7,9-10,15-16H,4,8H2,1-3H3. The maximum absolute atomic E-state index is 13.0. The first-order valence-electron chi connectivity index (χ1n) is 5.75. The fourth-order valence-corrected chi connectivity index (χ4v) is 1.52. The third kappa shape index (κ3) is 3.49. The summed E-state index contributed by atoms with van der Waals surface area (Å²) in [7, 11) is 0. The molecule has 0 amide bonds. The van der Waals surface area contributed by atoms with Gasteiger partial charge in [0.25, 0.3) is 0 Å². The molecule has 0 heterocycles. The van der Waals surface area contributed by atoms with E-state index >= 15 is 0 Å². The van der Waals surface area contributed by atoms with Crippen LogP contribution in [0.3, 0.4) is 0 Å². The Balaban J connectivity index is 2.57. The maximum Gasteiger partial charge on any atom is 0.123 e. The van der Waals surface area contributed by atoms with Gasteiger partial charge < -0.3 is 10.4 Å². The highest BCUT2D eigenvalue weighted by atomic mass is 19.1. The Morgan fingerprint density at radius 1 is 1.38 bits per heavy atom. The topological polar surface area (TPSA) is 32.3 Å². The van der Waals surface area contributed by atoms with E-state index < -0.39 is 0 Å². The van der Waals surface area contributed by atoms with Crippen molar-refractivity contribution in [1.82, 2.24) is 5.32 Å². The summed E-state index contributed by atoms with van der Waals surface area (Å²) < 4.78 is 13.0. The molecular weight excluding hydrogens is 205 g/mol. The lowest BCUT2D eigenvalue weighted by molar-refractivity contribution is 0.384. The molecule has 0 saturated carbocycles. The highest BCUT2D eigenvalue weighted by Crippen LogP contribution is 2.18. The van der Waals surface area contributed by atoms with Crippen molar-refractivity contribution in [2.24, 2.45) is 5.92 Å². The van der Waals surface area contributed by atoms with Crippen molar-refractivity contribution in [3.63, 3.8) is 0 Å². The van der Waals surface area contributed by atoms with E-state index in [0.717, 1.165) is 6.42 Å². The molecule has 2 unspecified atom stereocenters. The SMILES string of the molecule is CCC(C)C(C)NCc1cc(F)ccc1O. The lowest BCUT2D eigenvalue weighted by Gasteiger charge is -2.20. The first-order chi connectivity index (χ1) is 7.54. The molecule has 0 aliphatic heterocycles. The van der Waals surface area contributed by atoms with E-state index in [1.54, 1.807) is 0 Å². The van der Waals surface area contributed by atoms with Crippen LogP contribution in [0.25, 0.3) is 0 Å². The van der Waals surface area contributed by atoms with E-state index in [2.05, 4.69) is 26.1 Å². The zero-order chi connectivity index (χ0) is 12.1. The Morgan fingerprint density at radius 2 is 2.06 bits per heavy atom. The molecule has 0 aliphatic rings. The van der Waals surface area contributed by atoms with Gasteiger partial charge in [0.05, 0.1) is 0 Å². The smallest absolute Gasteiger partial charge is 0.123 e. The van der Waals surface area contributed by atoms with Crippen LogP contribution in [0, 0.1) is 11.7 Å². The fraction of sp³-hybridized carbons (Fsp3) is 0.538. The Hall–Kier alpha value is -1.09. The lowest BCUT2D eigenvalue weighted by atomic mass is 10.0. The monoisotopic (exact) mass is 225 g/mol. The second-order valence-electron chi connectivity index (χ2n) is 4.33. The van der Waals surface area contributed by atoms with Gasteiger partial charge in [0.2, 0.25) is 0 Å². The van der Waals surface area contributed by atoms with Crippen molar-refractivity contribution < 1.29 is 9.50 Å². The minimum Gasteiger partial charge on any atom is -0.508 e. The number of benzene rings is 1. The van der Waals surface area contributed by atoms with Crippen LogP contribution in [0.2, 0.25) is 0 Å². The van der Waals surface area contributed by atoms with E-state index in [1.165, 1.54) is 18.2 Å². The summed E-state index contributed by atoms with van der Waals surface area (Å²) in [6, 6.07) is 4.37. The van der Waals surface area contributed by atoms with Gasteiger partial charge in [-0.3, -0.25) is 0 Å². The highest BCUT2D eigenvalue weighted by Gasteiger charge is 2.10. The van der Waals surface area contributed by atoms with Crippen molar-refractivity contribution in [1.29, 1.82) is 0 Å². The zero-order valence-electron chi connectivity index (χ0n) is 10.1. The molecular formula is C13H20FNO. The van der Waals surface area contributed by atoms with Crippen molar-refractivity contribution in [2.75, 3.05) is 0 Å². The summed E-state index contributed by atoms with van der Waals surface area (Å²) in [5.41, 5.74) is 0.607. The van der Waals surface area contributed by atoms with Crippen LogP contribution < -0.4 is 5.32 Å². The number of hydrogen-bond acceptors (Lipinski definition) is 2. The molecule has 1 rings (SSSR count). The first kappa shape index (κ1) is 13.0. The summed E-state index contributed by atoms with van der Waals surface area (Å²) in [4.78, 5) is 0. The van der Waals surface area contributed by atoms with Gasteiger partial charge in [-0.1, -0.05) is 20.3 Å². The van der Waals surface area contributed by atoms with Crippen molar-refractivity contribution in [3.05, 3.63) is 29.6 Å². The van der Waals surface area contributed by atoms with Gasteiger partial charge in [-0.2, -0.15) is 0 Å². The third-order valence-electron chi connectivity index (χ3n) is 3.15. The van der Waals surface area contributed by atoms with Crippen LogP contribution in [0.4, 0.5) is 4.39 Å². The van der Waals surface area contributed by atoms with Crippen LogP contribution in [0.5, 0.6) is 5.75 Å². The van der Waals surface area contributed by atoms with E-state index in [4.69, 9.17) is 0 Å². The fourth-order valence-electron chi connectivity index (χ4n) is 1.52. The quantitative estimate of drug-likeness (QED) is 0.807. The minimum absolute atomic E-state index is 0.144. The summed E-state index contributed by atoms with van der Waals surface area (Å²) in [6.45, 7) is 6.91. The van der Waals surface area contributed by atoms with Crippen LogP contribution in [-0.4, -0.2) is 11.1 Å². The number of phenols is 1. The molecule has 2 atom stereocenters. The van der Waals surface area contributed by atoms with Gasteiger partial charge in [-0.05, 0) is 31.0 Å². The Kier molecular flexibility index (Phi) is 4.74. The number of nitrogens with one attached hydrogen (secondary N) is 1. The number of aromatic hydroxyl groups is 1. The summed E-state index contributed by atoms with van der Waals surface area (Å²) in [5, 5.41) is 12.8. The van der Waals surface area contributed by atoms with Gasteiger partial charge in [-0.15, -0.1) is 0 Å². The predicted molar refractivity (Wildman–Crippen MR) is 63.8 cm³/mol. The second kappa shape index (κ2) is 5.85. The number of halogens is 1. The Morgan fingerprint density at radius 3 is 2.69 bits per heavy atom. The van der Waals surface area contributed by atoms with Gasteiger partial charge in [0.1, 0.15) is 11.6 Å². The van der Waals surface area contributed by atoms with E-state index in [-0.39, 0.29) is 11.6 Å². The van der Waals surface area contributed by atoms with Crippen LogP contribution in [-0.2, 0) is 6.54 Å². The molecule has 90 valence electrons. The van der Waals surface area contributed by atoms with Crippen molar-refractivity contribution >= 4 is 0 Å². The second-order valence-corrected chi connectivity index (χ2v) is 4.33.